The van der Waals surface area contributed by atoms with Gasteiger partial charge in [0.25, 0.3) is 0 Å². The standard InChI is InChI=1S/C21H33N5O2/c1-3-17-6-5-7-18(14-17)24-20(27)15-23-21(22-4-2)26-9-8-19(16-26)25-10-12-28-13-11-25/h5-7,14,19H,3-4,8-13,15-16H2,1-2H3,(H,22,23)(H,24,27). The highest BCUT2D eigenvalue weighted by molar-refractivity contribution is 5.94. The smallest absolute Gasteiger partial charge is 0.246 e. The van der Waals surface area contributed by atoms with Gasteiger partial charge in [-0.05, 0) is 37.5 Å². The van der Waals surface area contributed by atoms with E-state index >= 15 is 0 Å². The Labute approximate surface area is 168 Å². The van der Waals surface area contributed by atoms with Gasteiger partial charge in [-0.15, -0.1) is 0 Å². The molecule has 0 bridgehead atoms. The van der Waals surface area contributed by atoms with Crippen LogP contribution < -0.4 is 10.6 Å². The third-order valence-corrected chi connectivity index (χ3v) is 5.35. The van der Waals surface area contributed by atoms with E-state index in [1.54, 1.807) is 0 Å². The number of carbonyl (C=O) groups is 1. The van der Waals surface area contributed by atoms with Crippen molar-refractivity contribution in [2.75, 3.05) is 57.8 Å². The molecule has 0 radical (unpaired) electrons. The summed E-state index contributed by atoms with van der Waals surface area (Å²) in [5.74, 6) is 0.739. The molecule has 2 N–H and O–H groups in total. The second-order valence-corrected chi connectivity index (χ2v) is 7.31. The number of rotatable bonds is 6. The molecule has 7 nitrogen and oxygen atoms in total. The highest BCUT2D eigenvalue weighted by Crippen LogP contribution is 2.17. The number of nitrogens with one attached hydrogen (secondary N) is 2. The molecule has 1 amide bonds. The third kappa shape index (κ3) is 5.69. The monoisotopic (exact) mass is 387 g/mol. The van der Waals surface area contributed by atoms with Crippen LogP contribution in [-0.4, -0.2) is 80.2 Å². The number of nitrogens with zero attached hydrogens (tertiary/aromatic N) is 3. The summed E-state index contributed by atoms with van der Waals surface area (Å²) in [6.45, 7) is 10.6. The van der Waals surface area contributed by atoms with Gasteiger partial charge in [-0.25, -0.2) is 4.99 Å². The third-order valence-electron chi connectivity index (χ3n) is 5.35. The van der Waals surface area contributed by atoms with Crippen molar-refractivity contribution in [2.45, 2.75) is 32.7 Å². The summed E-state index contributed by atoms with van der Waals surface area (Å²) in [6, 6.07) is 8.51. The molecular formula is C21H33N5O2. The van der Waals surface area contributed by atoms with Crippen molar-refractivity contribution in [3.63, 3.8) is 0 Å². The lowest BCUT2D eigenvalue weighted by atomic mass is 10.1. The fraction of sp³-hybridized carbons (Fsp3) is 0.619. The minimum Gasteiger partial charge on any atom is -0.379 e. The van der Waals surface area contributed by atoms with Crippen molar-refractivity contribution < 1.29 is 9.53 Å². The molecule has 1 aromatic rings. The van der Waals surface area contributed by atoms with E-state index in [4.69, 9.17) is 4.74 Å². The molecule has 1 atom stereocenters. The molecule has 1 unspecified atom stereocenters. The number of guanidine groups is 1. The van der Waals surface area contributed by atoms with Gasteiger partial charge >= 0.3 is 0 Å². The molecule has 0 aromatic heterocycles. The van der Waals surface area contributed by atoms with Crippen molar-refractivity contribution in [1.82, 2.24) is 15.1 Å². The number of likely N-dealkylation sites (tertiary alicyclic amines) is 1. The number of aryl methyl sites for hydroxylation is 1. The van der Waals surface area contributed by atoms with Crippen LogP contribution in [0.5, 0.6) is 0 Å². The lowest BCUT2D eigenvalue weighted by molar-refractivity contribution is -0.114. The summed E-state index contributed by atoms with van der Waals surface area (Å²) in [6.07, 6.45) is 2.08. The van der Waals surface area contributed by atoms with Crippen LogP contribution in [0.25, 0.3) is 0 Å². The Bertz CT molecular complexity index is 673. The van der Waals surface area contributed by atoms with Gasteiger partial charge in [0.2, 0.25) is 5.91 Å². The molecule has 0 saturated carbocycles. The number of morpholine rings is 1. The largest absolute Gasteiger partial charge is 0.379 e. The van der Waals surface area contributed by atoms with Crippen molar-refractivity contribution in [2.24, 2.45) is 4.99 Å². The highest BCUT2D eigenvalue weighted by Gasteiger charge is 2.30. The molecule has 2 aliphatic heterocycles. The second-order valence-electron chi connectivity index (χ2n) is 7.31. The molecule has 2 heterocycles. The molecule has 154 valence electrons. The van der Waals surface area contributed by atoms with Crippen LogP contribution in [0.15, 0.2) is 29.3 Å². The first-order valence-electron chi connectivity index (χ1n) is 10.4. The van der Waals surface area contributed by atoms with Crippen molar-refractivity contribution in [3.05, 3.63) is 29.8 Å². The molecule has 3 rings (SSSR count). The number of hydrogen-bond donors (Lipinski definition) is 2. The Morgan fingerprint density at radius 1 is 1.25 bits per heavy atom. The second kappa shape index (κ2) is 10.4. The quantitative estimate of drug-likeness (QED) is 0.573. The average Bonchev–Trinajstić information content (AvgIpc) is 3.22. The maximum Gasteiger partial charge on any atom is 0.246 e. The van der Waals surface area contributed by atoms with Gasteiger partial charge in [-0.2, -0.15) is 0 Å². The van der Waals surface area contributed by atoms with Gasteiger partial charge in [-0.1, -0.05) is 19.1 Å². The maximum atomic E-state index is 12.4. The van der Waals surface area contributed by atoms with Crippen molar-refractivity contribution in [1.29, 1.82) is 0 Å². The van der Waals surface area contributed by atoms with Gasteiger partial charge < -0.3 is 20.3 Å². The lowest BCUT2D eigenvalue weighted by Crippen LogP contribution is -2.46. The molecule has 7 heteroatoms. The van der Waals surface area contributed by atoms with E-state index in [2.05, 4.69) is 45.3 Å². The number of carbonyl (C=O) groups excluding carboxylic acids is 1. The van der Waals surface area contributed by atoms with Gasteiger partial charge in [0.05, 0.1) is 13.2 Å². The topological polar surface area (TPSA) is 69.2 Å². The SMILES string of the molecule is CCNC(=NCC(=O)Nc1cccc(CC)c1)N1CCC(N2CCOCC2)C1. The number of anilines is 1. The summed E-state index contributed by atoms with van der Waals surface area (Å²) >= 11 is 0. The highest BCUT2D eigenvalue weighted by atomic mass is 16.5. The van der Waals surface area contributed by atoms with Crippen LogP contribution in [0.3, 0.4) is 0 Å². The Hall–Kier alpha value is -2.12. The van der Waals surface area contributed by atoms with Crippen LogP contribution in [0.4, 0.5) is 5.69 Å². The first-order valence-corrected chi connectivity index (χ1v) is 10.4. The van der Waals surface area contributed by atoms with Gasteiger partial charge in [0.15, 0.2) is 5.96 Å². The number of amides is 1. The zero-order chi connectivity index (χ0) is 19.8. The van der Waals surface area contributed by atoms with Gasteiger partial charge in [0, 0.05) is 44.5 Å². The van der Waals surface area contributed by atoms with E-state index in [1.165, 1.54) is 5.56 Å². The molecule has 2 saturated heterocycles. The fourth-order valence-electron chi connectivity index (χ4n) is 3.82. The Kier molecular flexibility index (Phi) is 7.68. The summed E-state index contributed by atoms with van der Waals surface area (Å²) in [7, 11) is 0. The van der Waals surface area contributed by atoms with E-state index in [9.17, 15) is 4.79 Å². The number of hydrogen-bond acceptors (Lipinski definition) is 4. The van der Waals surface area contributed by atoms with Crippen LogP contribution in [0.2, 0.25) is 0 Å². The van der Waals surface area contributed by atoms with E-state index in [0.29, 0.717) is 6.04 Å². The van der Waals surface area contributed by atoms with E-state index in [-0.39, 0.29) is 12.5 Å². The predicted molar refractivity (Wildman–Crippen MR) is 113 cm³/mol. The number of aliphatic imine (C=N–C) groups is 1. The summed E-state index contributed by atoms with van der Waals surface area (Å²) < 4.78 is 5.46. The maximum absolute atomic E-state index is 12.4. The normalized spacial score (nSPS) is 21.0. The summed E-state index contributed by atoms with van der Waals surface area (Å²) in [5, 5.41) is 6.29. The van der Waals surface area contributed by atoms with Crippen molar-refractivity contribution >= 4 is 17.6 Å². The summed E-state index contributed by atoms with van der Waals surface area (Å²) in [5.41, 5.74) is 2.04. The Morgan fingerprint density at radius 3 is 2.82 bits per heavy atom. The molecule has 1 aromatic carbocycles. The average molecular weight is 388 g/mol. The Morgan fingerprint density at radius 2 is 2.07 bits per heavy atom. The molecule has 0 aliphatic carbocycles. The van der Waals surface area contributed by atoms with E-state index in [1.807, 2.05) is 18.2 Å². The number of benzene rings is 1. The van der Waals surface area contributed by atoms with Crippen LogP contribution in [0, 0.1) is 0 Å². The Balaban J connectivity index is 1.55. The minimum absolute atomic E-state index is 0.0902. The van der Waals surface area contributed by atoms with Gasteiger partial charge in [0.1, 0.15) is 6.54 Å². The molecule has 2 fully saturated rings. The van der Waals surface area contributed by atoms with Crippen LogP contribution in [0.1, 0.15) is 25.8 Å². The zero-order valence-electron chi connectivity index (χ0n) is 17.1. The first-order chi connectivity index (χ1) is 13.7. The zero-order valence-corrected chi connectivity index (χ0v) is 17.1. The fourth-order valence-corrected chi connectivity index (χ4v) is 3.82. The van der Waals surface area contributed by atoms with E-state index in [0.717, 1.165) is 70.4 Å². The predicted octanol–water partition coefficient (Wildman–Crippen LogP) is 1.56. The van der Waals surface area contributed by atoms with Crippen LogP contribution in [-0.2, 0) is 16.0 Å². The van der Waals surface area contributed by atoms with E-state index < -0.39 is 0 Å². The number of ether oxygens (including phenoxy) is 1. The molecule has 28 heavy (non-hydrogen) atoms. The molecule has 2 aliphatic rings. The first kappa shape index (κ1) is 20.6. The molecular weight excluding hydrogens is 354 g/mol. The minimum atomic E-state index is -0.0902. The lowest BCUT2D eigenvalue weighted by Gasteiger charge is -2.32. The summed E-state index contributed by atoms with van der Waals surface area (Å²) in [4.78, 5) is 21.7. The molecule has 0 spiro atoms. The van der Waals surface area contributed by atoms with Gasteiger partial charge in [-0.3, -0.25) is 9.69 Å². The van der Waals surface area contributed by atoms with Crippen molar-refractivity contribution in [3.8, 4) is 0 Å². The van der Waals surface area contributed by atoms with Crippen LogP contribution >= 0.6 is 0 Å².